The first-order valence-corrected chi connectivity index (χ1v) is 9.74. The van der Waals surface area contributed by atoms with E-state index in [1.54, 1.807) is 6.20 Å². The van der Waals surface area contributed by atoms with Crippen molar-refractivity contribution in [2.75, 3.05) is 32.8 Å². The maximum Gasteiger partial charge on any atom is 0.274 e. The molecule has 6 heteroatoms. The molecule has 0 N–H and O–H groups in total. The molecule has 0 spiro atoms. The fourth-order valence-electron chi connectivity index (χ4n) is 3.93. The van der Waals surface area contributed by atoms with E-state index in [1.807, 2.05) is 29.2 Å². The van der Waals surface area contributed by atoms with Gasteiger partial charge in [0.25, 0.3) is 5.91 Å². The Labute approximate surface area is 163 Å². The Hall–Kier alpha value is -2.99. The van der Waals surface area contributed by atoms with Crippen LogP contribution in [0.25, 0.3) is 11.0 Å². The summed E-state index contributed by atoms with van der Waals surface area (Å²) in [5.74, 6) is 0.989. The molecule has 142 valence electrons. The van der Waals surface area contributed by atoms with Crippen LogP contribution < -0.4 is 4.74 Å². The van der Waals surface area contributed by atoms with Crippen molar-refractivity contribution in [3.05, 3.63) is 65.5 Å². The summed E-state index contributed by atoms with van der Waals surface area (Å²) in [6.45, 7) is 4.84. The Kier molecular flexibility index (Phi) is 4.41. The molecule has 1 fully saturated rings. The van der Waals surface area contributed by atoms with Gasteiger partial charge in [0.15, 0.2) is 0 Å². The van der Waals surface area contributed by atoms with E-state index < -0.39 is 0 Å². The number of benzene rings is 2. The Bertz CT molecular complexity index is 1030. The minimum absolute atomic E-state index is 0.0346. The Morgan fingerprint density at radius 1 is 1.04 bits per heavy atom. The largest absolute Gasteiger partial charge is 0.493 e. The maximum atomic E-state index is 12.8. The monoisotopic (exact) mass is 374 g/mol. The van der Waals surface area contributed by atoms with Gasteiger partial charge in [-0.05, 0) is 29.3 Å². The third-order valence-corrected chi connectivity index (χ3v) is 5.49. The number of para-hydroxylation sites is 2. The molecule has 2 aromatic carbocycles. The quantitative estimate of drug-likeness (QED) is 0.705. The van der Waals surface area contributed by atoms with E-state index in [1.165, 1.54) is 11.1 Å². The van der Waals surface area contributed by atoms with Crippen LogP contribution in [0.4, 0.5) is 0 Å². The number of carbonyl (C=O) groups is 1. The highest BCUT2D eigenvalue weighted by Crippen LogP contribution is 2.26. The lowest BCUT2D eigenvalue weighted by Gasteiger charge is -2.34. The highest BCUT2D eigenvalue weighted by molar-refractivity contribution is 5.93. The predicted molar refractivity (Wildman–Crippen MR) is 106 cm³/mol. The third kappa shape index (κ3) is 3.31. The van der Waals surface area contributed by atoms with Crippen LogP contribution in [-0.4, -0.2) is 58.5 Å². The number of fused-ring (bicyclic) bond motifs is 2. The molecule has 1 aromatic heterocycles. The van der Waals surface area contributed by atoms with Crippen molar-refractivity contribution in [1.29, 1.82) is 0 Å². The highest BCUT2D eigenvalue weighted by Gasteiger charge is 2.24. The van der Waals surface area contributed by atoms with E-state index in [4.69, 9.17) is 4.74 Å². The predicted octanol–water partition coefficient (Wildman–Crippen LogP) is 2.52. The van der Waals surface area contributed by atoms with Crippen LogP contribution in [0.3, 0.4) is 0 Å². The van der Waals surface area contributed by atoms with E-state index in [-0.39, 0.29) is 5.91 Å². The average molecular weight is 374 g/mol. The standard InChI is InChI=1S/C22H22N4O2/c27-22(20-14-23-18-3-1-2-4-19(18)24-20)26-10-8-25(9-11-26)15-16-5-6-21-17(13-16)7-12-28-21/h1-6,13-14H,7-12,15H2. The lowest BCUT2D eigenvalue weighted by molar-refractivity contribution is 0.0622. The number of hydrogen-bond donors (Lipinski definition) is 0. The average Bonchev–Trinajstić information content (AvgIpc) is 3.21. The SMILES string of the molecule is O=C(c1cnc2ccccc2n1)N1CCN(Cc2ccc3c(c2)CCO3)CC1. The van der Waals surface area contributed by atoms with E-state index in [2.05, 4.69) is 33.1 Å². The highest BCUT2D eigenvalue weighted by atomic mass is 16.5. The minimum Gasteiger partial charge on any atom is -0.493 e. The number of rotatable bonds is 3. The molecule has 3 heterocycles. The van der Waals surface area contributed by atoms with Crippen molar-refractivity contribution in [3.8, 4) is 5.75 Å². The molecule has 1 amide bonds. The first kappa shape index (κ1) is 17.1. The Morgan fingerprint density at radius 2 is 1.86 bits per heavy atom. The van der Waals surface area contributed by atoms with Gasteiger partial charge in [-0.1, -0.05) is 24.3 Å². The summed E-state index contributed by atoms with van der Waals surface area (Å²) in [5, 5.41) is 0. The van der Waals surface area contributed by atoms with Crippen molar-refractivity contribution in [2.24, 2.45) is 0 Å². The molecule has 0 unspecified atom stereocenters. The molecule has 2 aliphatic rings. The van der Waals surface area contributed by atoms with Gasteiger partial charge in [0, 0.05) is 39.1 Å². The Balaban J connectivity index is 1.22. The summed E-state index contributed by atoms with van der Waals surface area (Å²) in [5.41, 5.74) is 4.60. The number of aromatic nitrogens is 2. The van der Waals surface area contributed by atoms with Crippen LogP contribution >= 0.6 is 0 Å². The van der Waals surface area contributed by atoms with Gasteiger partial charge >= 0.3 is 0 Å². The lowest BCUT2D eigenvalue weighted by atomic mass is 10.1. The summed E-state index contributed by atoms with van der Waals surface area (Å²) < 4.78 is 5.58. The normalized spacial score (nSPS) is 16.8. The number of hydrogen-bond acceptors (Lipinski definition) is 5. The molecular formula is C22H22N4O2. The van der Waals surface area contributed by atoms with Crippen molar-refractivity contribution < 1.29 is 9.53 Å². The van der Waals surface area contributed by atoms with Crippen molar-refractivity contribution in [3.63, 3.8) is 0 Å². The van der Waals surface area contributed by atoms with E-state index in [0.717, 1.165) is 49.4 Å². The van der Waals surface area contributed by atoms with Gasteiger partial charge in [-0.25, -0.2) is 4.98 Å². The van der Waals surface area contributed by atoms with Gasteiger partial charge in [-0.2, -0.15) is 0 Å². The van der Waals surface area contributed by atoms with Crippen molar-refractivity contribution in [2.45, 2.75) is 13.0 Å². The molecule has 0 radical (unpaired) electrons. The van der Waals surface area contributed by atoms with Crippen LogP contribution in [0.5, 0.6) is 5.75 Å². The molecule has 0 atom stereocenters. The van der Waals surface area contributed by atoms with Gasteiger partial charge in [0.1, 0.15) is 11.4 Å². The molecular weight excluding hydrogens is 352 g/mol. The third-order valence-electron chi connectivity index (χ3n) is 5.49. The zero-order valence-electron chi connectivity index (χ0n) is 15.7. The van der Waals surface area contributed by atoms with Crippen molar-refractivity contribution in [1.82, 2.24) is 19.8 Å². The molecule has 3 aromatic rings. The maximum absolute atomic E-state index is 12.8. The van der Waals surface area contributed by atoms with Gasteiger partial charge in [-0.15, -0.1) is 0 Å². The summed E-state index contributed by atoms with van der Waals surface area (Å²) in [6.07, 6.45) is 2.59. The summed E-state index contributed by atoms with van der Waals surface area (Å²) >= 11 is 0. The molecule has 5 rings (SSSR count). The Morgan fingerprint density at radius 3 is 2.71 bits per heavy atom. The van der Waals surface area contributed by atoms with Crippen LogP contribution in [0.2, 0.25) is 0 Å². The van der Waals surface area contributed by atoms with Crippen molar-refractivity contribution >= 4 is 16.9 Å². The van der Waals surface area contributed by atoms with Gasteiger partial charge < -0.3 is 9.64 Å². The number of nitrogens with zero attached hydrogens (tertiary/aromatic N) is 4. The van der Waals surface area contributed by atoms with E-state index in [0.29, 0.717) is 18.8 Å². The summed E-state index contributed by atoms with van der Waals surface area (Å²) in [6, 6.07) is 14.1. The molecule has 0 bridgehead atoms. The molecule has 28 heavy (non-hydrogen) atoms. The second-order valence-corrected chi connectivity index (χ2v) is 7.35. The smallest absolute Gasteiger partial charge is 0.274 e. The van der Waals surface area contributed by atoms with Gasteiger partial charge in [-0.3, -0.25) is 14.7 Å². The zero-order valence-corrected chi connectivity index (χ0v) is 15.7. The fourth-order valence-corrected chi connectivity index (χ4v) is 3.93. The molecule has 2 aliphatic heterocycles. The first-order chi connectivity index (χ1) is 13.8. The topological polar surface area (TPSA) is 58.6 Å². The zero-order chi connectivity index (χ0) is 18.9. The number of ether oxygens (including phenoxy) is 1. The fraction of sp³-hybridized carbons (Fsp3) is 0.318. The van der Waals surface area contributed by atoms with Gasteiger partial charge in [0.05, 0.1) is 23.8 Å². The molecule has 1 saturated heterocycles. The van der Waals surface area contributed by atoms with Gasteiger partial charge in [0.2, 0.25) is 0 Å². The number of piperazine rings is 1. The van der Waals surface area contributed by atoms with Crippen LogP contribution in [0.1, 0.15) is 21.6 Å². The number of carbonyl (C=O) groups excluding carboxylic acids is 1. The second-order valence-electron chi connectivity index (χ2n) is 7.35. The summed E-state index contributed by atoms with van der Waals surface area (Å²) in [7, 11) is 0. The second kappa shape index (κ2) is 7.20. The van der Waals surface area contributed by atoms with Crippen LogP contribution in [-0.2, 0) is 13.0 Å². The minimum atomic E-state index is -0.0346. The van der Waals surface area contributed by atoms with Crippen LogP contribution in [0, 0.1) is 0 Å². The molecule has 0 saturated carbocycles. The van der Waals surface area contributed by atoms with E-state index >= 15 is 0 Å². The van der Waals surface area contributed by atoms with Crippen LogP contribution in [0.15, 0.2) is 48.7 Å². The molecule has 6 nitrogen and oxygen atoms in total. The first-order valence-electron chi connectivity index (χ1n) is 9.74. The summed E-state index contributed by atoms with van der Waals surface area (Å²) in [4.78, 5) is 26.0. The molecule has 0 aliphatic carbocycles. The van der Waals surface area contributed by atoms with E-state index in [9.17, 15) is 4.79 Å². The number of amides is 1. The lowest BCUT2D eigenvalue weighted by Crippen LogP contribution is -2.48.